The third kappa shape index (κ3) is 12.0. The first-order valence-electron chi connectivity index (χ1n) is 13.5. The summed E-state index contributed by atoms with van der Waals surface area (Å²) in [4.78, 5) is 51.1. The molecule has 1 rings (SSSR count). The molecule has 0 radical (unpaired) electrons. The molecule has 0 heterocycles. The van der Waals surface area contributed by atoms with Crippen LogP contribution in [0.15, 0.2) is 30.3 Å². The molecule has 0 aliphatic carbocycles. The molecule has 0 bridgehead atoms. The predicted octanol–water partition coefficient (Wildman–Crippen LogP) is 0.400. The molecule has 0 aromatic heterocycles. The standard InChI is InChI=1S/C27H46N6O5/c1-3-18(2)23(30)26(36)31-20(13-7-9-15-28)24(34)33-22(17-19-11-5-4-6-12-19)25(35)32-21(27(37)38)14-8-10-16-29/h4-6,11-12,18,20-23H,3,7-10,13-17,28-30H2,1-2H3,(H,31,36)(H,32,35)(H,33,34)(H,37,38). The third-order valence-electron chi connectivity index (χ3n) is 6.62. The Labute approximate surface area is 225 Å². The zero-order valence-electron chi connectivity index (χ0n) is 22.7. The third-order valence-corrected chi connectivity index (χ3v) is 6.62. The lowest BCUT2D eigenvalue weighted by Gasteiger charge is -2.26. The molecule has 10 N–H and O–H groups in total. The molecule has 214 valence electrons. The topological polar surface area (TPSA) is 203 Å². The van der Waals surface area contributed by atoms with Crippen LogP contribution in [0.25, 0.3) is 0 Å². The van der Waals surface area contributed by atoms with E-state index in [1.807, 2.05) is 44.2 Å². The van der Waals surface area contributed by atoms with Gasteiger partial charge in [-0.2, -0.15) is 0 Å². The number of amides is 3. The molecule has 0 spiro atoms. The summed E-state index contributed by atoms with van der Waals surface area (Å²) in [5.74, 6) is -2.84. The van der Waals surface area contributed by atoms with Crippen LogP contribution in [-0.4, -0.2) is 66.1 Å². The van der Waals surface area contributed by atoms with Gasteiger partial charge in [-0.1, -0.05) is 50.6 Å². The van der Waals surface area contributed by atoms with Gasteiger partial charge < -0.3 is 38.3 Å². The van der Waals surface area contributed by atoms with Crippen molar-refractivity contribution < 1.29 is 24.3 Å². The summed E-state index contributed by atoms with van der Waals surface area (Å²) in [5.41, 5.74) is 18.0. The Balaban J connectivity index is 3.10. The van der Waals surface area contributed by atoms with Crippen molar-refractivity contribution in [3.05, 3.63) is 35.9 Å². The fourth-order valence-electron chi connectivity index (χ4n) is 3.90. The van der Waals surface area contributed by atoms with Crippen molar-refractivity contribution in [2.45, 2.75) is 89.4 Å². The molecule has 0 fully saturated rings. The van der Waals surface area contributed by atoms with Crippen LogP contribution in [0.1, 0.15) is 64.4 Å². The Hall–Kier alpha value is -3.02. The van der Waals surface area contributed by atoms with E-state index in [1.54, 1.807) is 0 Å². The zero-order chi connectivity index (χ0) is 28.5. The maximum absolute atomic E-state index is 13.4. The first kappa shape index (κ1) is 33.0. The number of benzene rings is 1. The van der Waals surface area contributed by atoms with E-state index in [2.05, 4.69) is 16.0 Å². The minimum atomic E-state index is -1.16. The fourth-order valence-corrected chi connectivity index (χ4v) is 3.90. The highest BCUT2D eigenvalue weighted by Gasteiger charge is 2.31. The zero-order valence-corrected chi connectivity index (χ0v) is 22.7. The van der Waals surface area contributed by atoms with Crippen molar-refractivity contribution in [3.8, 4) is 0 Å². The number of carboxylic acids is 1. The van der Waals surface area contributed by atoms with E-state index < -0.39 is 47.9 Å². The number of aliphatic carboxylic acids is 1. The summed E-state index contributed by atoms with van der Waals surface area (Å²) in [5, 5.41) is 17.6. The van der Waals surface area contributed by atoms with Crippen LogP contribution in [0.3, 0.4) is 0 Å². The molecule has 0 aliphatic heterocycles. The van der Waals surface area contributed by atoms with E-state index in [0.29, 0.717) is 51.6 Å². The maximum Gasteiger partial charge on any atom is 0.326 e. The van der Waals surface area contributed by atoms with Gasteiger partial charge in [-0.25, -0.2) is 4.79 Å². The van der Waals surface area contributed by atoms with Crippen LogP contribution < -0.4 is 33.2 Å². The number of hydrogen-bond acceptors (Lipinski definition) is 7. The molecule has 0 saturated heterocycles. The van der Waals surface area contributed by atoms with Crippen LogP contribution in [0.4, 0.5) is 0 Å². The molecule has 11 heteroatoms. The van der Waals surface area contributed by atoms with E-state index in [4.69, 9.17) is 17.2 Å². The number of carboxylic acid groups (broad SMARTS) is 1. The first-order chi connectivity index (χ1) is 18.1. The highest BCUT2D eigenvalue weighted by molar-refractivity contribution is 5.94. The monoisotopic (exact) mass is 534 g/mol. The van der Waals surface area contributed by atoms with Crippen molar-refractivity contribution >= 4 is 23.7 Å². The lowest BCUT2D eigenvalue weighted by atomic mass is 9.98. The lowest BCUT2D eigenvalue weighted by molar-refractivity contribution is -0.142. The number of rotatable bonds is 19. The van der Waals surface area contributed by atoms with Gasteiger partial charge in [-0.3, -0.25) is 14.4 Å². The van der Waals surface area contributed by atoms with Crippen molar-refractivity contribution in [1.29, 1.82) is 0 Å². The van der Waals surface area contributed by atoms with Crippen molar-refractivity contribution in [3.63, 3.8) is 0 Å². The Kier molecular flexibility index (Phi) is 15.9. The van der Waals surface area contributed by atoms with Gasteiger partial charge in [0.2, 0.25) is 17.7 Å². The number of nitrogens with one attached hydrogen (secondary N) is 3. The molecule has 1 aromatic carbocycles. The Morgan fingerprint density at radius 1 is 0.789 bits per heavy atom. The number of carbonyl (C=O) groups is 4. The summed E-state index contributed by atoms with van der Waals surface area (Å²) in [6.07, 6.45) is 3.80. The van der Waals surface area contributed by atoms with Gasteiger partial charge in [0, 0.05) is 6.42 Å². The minimum absolute atomic E-state index is 0.0772. The average Bonchev–Trinajstić information content (AvgIpc) is 2.91. The lowest BCUT2D eigenvalue weighted by Crippen LogP contribution is -2.58. The quantitative estimate of drug-likeness (QED) is 0.123. The molecule has 11 nitrogen and oxygen atoms in total. The van der Waals surface area contributed by atoms with Gasteiger partial charge in [-0.05, 0) is 63.1 Å². The van der Waals surface area contributed by atoms with Crippen LogP contribution in [-0.2, 0) is 25.6 Å². The molecule has 3 amide bonds. The van der Waals surface area contributed by atoms with Crippen LogP contribution in [0.2, 0.25) is 0 Å². The largest absolute Gasteiger partial charge is 0.480 e. The Morgan fingerprint density at radius 2 is 1.29 bits per heavy atom. The van der Waals surface area contributed by atoms with Gasteiger partial charge in [0.25, 0.3) is 0 Å². The van der Waals surface area contributed by atoms with E-state index in [1.165, 1.54) is 0 Å². The molecular formula is C27H46N6O5. The average molecular weight is 535 g/mol. The molecule has 0 saturated carbocycles. The second-order valence-corrected chi connectivity index (χ2v) is 9.69. The predicted molar refractivity (Wildman–Crippen MR) is 147 cm³/mol. The fraction of sp³-hybridized carbons (Fsp3) is 0.630. The molecular weight excluding hydrogens is 488 g/mol. The van der Waals surface area contributed by atoms with Gasteiger partial charge >= 0.3 is 5.97 Å². The molecule has 1 aromatic rings. The second-order valence-electron chi connectivity index (χ2n) is 9.69. The molecule has 5 atom stereocenters. The Morgan fingerprint density at radius 3 is 1.82 bits per heavy atom. The summed E-state index contributed by atoms with van der Waals surface area (Å²) in [7, 11) is 0. The van der Waals surface area contributed by atoms with E-state index >= 15 is 0 Å². The second kappa shape index (κ2) is 18.3. The number of carbonyl (C=O) groups excluding carboxylic acids is 3. The number of hydrogen-bond donors (Lipinski definition) is 7. The van der Waals surface area contributed by atoms with Gasteiger partial charge in [0.1, 0.15) is 18.1 Å². The van der Waals surface area contributed by atoms with E-state index in [0.717, 1.165) is 5.56 Å². The highest BCUT2D eigenvalue weighted by Crippen LogP contribution is 2.10. The molecule has 38 heavy (non-hydrogen) atoms. The first-order valence-corrected chi connectivity index (χ1v) is 13.5. The van der Waals surface area contributed by atoms with Crippen LogP contribution in [0, 0.1) is 5.92 Å². The highest BCUT2D eigenvalue weighted by atomic mass is 16.4. The van der Waals surface area contributed by atoms with Crippen molar-refractivity contribution in [2.24, 2.45) is 23.1 Å². The number of unbranched alkanes of at least 4 members (excludes halogenated alkanes) is 2. The molecule has 5 unspecified atom stereocenters. The Bertz CT molecular complexity index is 869. The SMILES string of the molecule is CCC(C)C(N)C(=O)NC(CCCCN)C(=O)NC(Cc1ccccc1)C(=O)NC(CCCCN)C(=O)O. The van der Waals surface area contributed by atoms with Crippen LogP contribution in [0.5, 0.6) is 0 Å². The summed E-state index contributed by atoms with van der Waals surface area (Å²) >= 11 is 0. The number of nitrogens with two attached hydrogens (primary N) is 3. The summed E-state index contributed by atoms with van der Waals surface area (Å²) in [6.45, 7) is 4.65. The minimum Gasteiger partial charge on any atom is -0.480 e. The van der Waals surface area contributed by atoms with Crippen LogP contribution >= 0.6 is 0 Å². The van der Waals surface area contributed by atoms with Crippen molar-refractivity contribution in [2.75, 3.05) is 13.1 Å². The maximum atomic E-state index is 13.4. The summed E-state index contributed by atoms with van der Waals surface area (Å²) in [6, 6.07) is 5.21. The normalized spacial score (nSPS) is 15.0. The van der Waals surface area contributed by atoms with E-state index in [9.17, 15) is 24.3 Å². The van der Waals surface area contributed by atoms with Gasteiger partial charge in [-0.15, -0.1) is 0 Å². The van der Waals surface area contributed by atoms with E-state index in [-0.39, 0.29) is 18.8 Å². The van der Waals surface area contributed by atoms with Gasteiger partial charge in [0.05, 0.1) is 6.04 Å². The smallest absolute Gasteiger partial charge is 0.326 e. The molecule has 0 aliphatic rings. The van der Waals surface area contributed by atoms with Crippen molar-refractivity contribution in [1.82, 2.24) is 16.0 Å². The van der Waals surface area contributed by atoms with Gasteiger partial charge in [0.15, 0.2) is 0 Å². The summed E-state index contributed by atoms with van der Waals surface area (Å²) < 4.78 is 0.